The van der Waals surface area contributed by atoms with Crippen molar-refractivity contribution in [1.29, 1.82) is 5.39 Å². The molecule has 1 aromatic rings. The van der Waals surface area contributed by atoms with Crippen LogP contribution in [0.3, 0.4) is 0 Å². The van der Waals surface area contributed by atoms with E-state index in [1.54, 1.807) is 0 Å². The fourth-order valence-corrected chi connectivity index (χ4v) is 1.89. The summed E-state index contributed by atoms with van der Waals surface area (Å²) in [5.74, 6) is 0.107. The van der Waals surface area contributed by atoms with E-state index in [9.17, 15) is 9.46 Å². The summed E-state index contributed by atoms with van der Waals surface area (Å²) in [5.41, 5.74) is 0.305. The Morgan fingerprint density at radius 2 is 1.89 bits per heavy atom. The van der Waals surface area contributed by atoms with E-state index in [1.165, 1.54) is 24.3 Å². The van der Waals surface area contributed by atoms with E-state index < -0.39 is 7.82 Å². The minimum Gasteiger partial charge on any atom is -0.746 e. The standard InChI is InChI=1S/C11H17N3O4P/c1-14(2,3)8-9-17-19(15,16)18-11-6-4-10(13-12)5-7-11/h4-7H,8-9H2,1-3H3/q+1. The lowest BCUT2D eigenvalue weighted by molar-refractivity contribution is -0.870. The second-order valence-electron chi connectivity index (χ2n) is 4.98. The fraction of sp³-hybridized carbons (Fsp3) is 0.455. The predicted molar refractivity (Wildman–Crippen MR) is 68.3 cm³/mol. The number of hydrogen-bond donors (Lipinski definition) is 0. The van der Waals surface area contributed by atoms with E-state index in [4.69, 9.17) is 14.4 Å². The van der Waals surface area contributed by atoms with Crippen molar-refractivity contribution >= 4 is 13.5 Å². The highest BCUT2D eigenvalue weighted by molar-refractivity contribution is 7.46. The molecule has 0 spiro atoms. The van der Waals surface area contributed by atoms with Gasteiger partial charge < -0.3 is 18.4 Å². The maximum absolute atomic E-state index is 11.5. The molecule has 0 saturated carbocycles. The molecule has 7 nitrogen and oxygen atoms in total. The molecular weight excluding hydrogens is 269 g/mol. The average Bonchev–Trinajstić information content (AvgIpc) is 2.27. The van der Waals surface area contributed by atoms with Crippen molar-refractivity contribution in [3.63, 3.8) is 0 Å². The summed E-state index contributed by atoms with van der Waals surface area (Å²) in [6.45, 7) is 0.590. The van der Waals surface area contributed by atoms with Crippen molar-refractivity contribution in [1.82, 2.24) is 0 Å². The number of hydrogen-bond acceptors (Lipinski definition) is 5. The second-order valence-corrected chi connectivity index (χ2v) is 6.31. The summed E-state index contributed by atoms with van der Waals surface area (Å²) in [6, 6.07) is 5.59. The van der Waals surface area contributed by atoms with Crippen LogP contribution in [-0.4, -0.2) is 38.8 Å². The second kappa shape index (κ2) is 6.13. The van der Waals surface area contributed by atoms with Gasteiger partial charge in [0, 0.05) is 12.1 Å². The van der Waals surface area contributed by atoms with Gasteiger partial charge in [0.15, 0.2) is 4.98 Å². The van der Waals surface area contributed by atoms with Gasteiger partial charge in [-0.2, -0.15) is 0 Å². The number of diazo groups is 1. The maximum Gasteiger partial charge on any atom is 0.385 e. The zero-order valence-electron chi connectivity index (χ0n) is 11.1. The largest absolute Gasteiger partial charge is 0.746 e. The molecule has 0 aliphatic carbocycles. The van der Waals surface area contributed by atoms with Gasteiger partial charge in [-0.15, -0.1) is 0 Å². The van der Waals surface area contributed by atoms with Gasteiger partial charge in [-0.3, -0.25) is 4.57 Å². The normalized spacial score (nSPS) is 14.5. The number of phosphoric ester groups is 1. The Labute approximate surface area is 112 Å². The SMILES string of the molecule is C[N+](C)(C)CCOP(=O)([O-])Oc1ccc([N+]#N)cc1. The third-order valence-corrected chi connectivity index (χ3v) is 3.11. The molecule has 1 aromatic carbocycles. The van der Waals surface area contributed by atoms with Gasteiger partial charge in [-0.25, -0.2) is 0 Å². The first kappa shape index (κ1) is 15.6. The molecule has 1 rings (SSSR count). The quantitative estimate of drug-likeness (QED) is 0.451. The van der Waals surface area contributed by atoms with Gasteiger partial charge in [0.2, 0.25) is 5.39 Å². The molecule has 1 unspecified atom stereocenters. The van der Waals surface area contributed by atoms with Crippen LogP contribution in [0.2, 0.25) is 0 Å². The Morgan fingerprint density at radius 3 is 2.37 bits per heavy atom. The number of nitrogens with zero attached hydrogens (tertiary/aromatic N) is 3. The number of phosphoric acid groups is 1. The van der Waals surface area contributed by atoms with Gasteiger partial charge in [0.1, 0.15) is 18.9 Å². The average molecular weight is 286 g/mol. The smallest absolute Gasteiger partial charge is 0.385 e. The molecule has 0 aliphatic rings. The maximum atomic E-state index is 11.5. The number of likely N-dealkylation sites (N-methyl/N-ethyl adjacent to an activating group) is 1. The molecule has 0 aliphatic heterocycles. The molecule has 0 heterocycles. The van der Waals surface area contributed by atoms with Gasteiger partial charge in [0.25, 0.3) is 0 Å². The molecule has 0 radical (unpaired) electrons. The number of rotatable bonds is 6. The molecule has 0 bridgehead atoms. The monoisotopic (exact) mass is 286 g/mol. The predicted octanol–water partition coefficient (Wildman–Crippen LogP) is 1.74. The first-order chi connectivity index (χ1) is 8.72. The number of quaternary nitrogens is 1. The molecule has 0 fully saturated rings. The molecular formula is C11H17N3O4P+. The molecule has 0 amide bonds. The van der Waals surface area contributed by atoms with Crippen LogP contribution < -0.4 is 9.42 Å². The highest BCUT2D eigenvalue weighted by Gasteiger charge is 2.15. The van der Waals surface area contributed by atoms with Crippen LogP contribution in [0.4, 0.5) is 5.69 Å². The lowest BCUT2D eigenvalue weighted by atomic mass is 10.3. The minimum atomic E-state index is -4.38. The van der Waals surface area contributed by atoms with E-state index in [1.807, 2.05) is 21.1 Å². The van der Waals surface area contributed by atoms with E-state index in [-0.39, 0.29) is 12.4 Å². The zero-order chi connectivity index (χ0) is 14.5. The third kappa shape index (κ3) is 6.32. The fourth-order valence-electron chi connectivity index (χ4n) is 1.16. The lowest BCUT2D eigenvalue weighted by Gasteiger charge is -2.27. The summed E-state index contributed by atoms with van der Waals surface area (Å²) in [7, 11) is 1.41. The Hall–Kier alpha value is -1.45. The van der Waals surface area contributed by atoms with Gasteiger partial charge >= 0.3 is 13.5 Å². The first-order valence-corrected chi connectivity index (χ1v) is 7.09. The molecule has 1 atom stereocenters. The van der Waals surface area contributed by atoms with Crippen molar-refractivity contribution in [2.45, 2.75) is 0 Å². The van der Waals surface area contributed by atoms with Crippen LogP contribution in [0.15, 0.2) is 24.3 Å². The molecule has 0 N–H and O–H groups in total. The molecule has 0 saturated heterocycles. The number of benzene rings is 1. The van der Waals surface area contributed by atoms with E-state index in [0.29, 0.717) is 16.7 Å². The minimum absolute atomic E-state index is 0.0499. The lowest BCUT2D eigenvalue weighted by Crippen LogP contribution is -2.37. The summed E-state index contributed by atoms with van der Waals surface area (Å²) in [6.07, 6.45) is 0. The van der Waals surface area contributed by atoms with Crippen molar-refractivity contribution in [2.24, 2.45) is 0 Å². The zero-order valence-corrected chi connectivity index (χ0v) is 12.0. The Kier molecular flexibility index (Phi) is 5.04. The van der Waals surface area contributed by atoms with Crippen LogP contribution in [0, 0.1) is 5.39 Å². The summed E-state index contributed by atoms with van der Waals surface area (Å²) >= 11 is 0. The highest BCUT2D eigenvalue weighted by Crippen LogP contribution is 2.39. The molecule has 8 heteroatoms. The first-order valence-electron chi connectivity index (χ1n) is 5.63. The van der Waals surface area contributed by atoms with Crippen LogP contribution in [0.1, 0.15) is 0 Å². The van der Waals surface area contributed by atoms with Crippen molar-refractivity contribution in [3.8, 4) is 5.75 Å². The Bertz CT molecular complexity index is 504. The van der Waals surface area contributed by atoms with Crippen LogP contribution >= 0.6 is 7.82 Å². The van der Waals surface area contributed by atoms with E-state index in [0.717, 1.165) is 0 Å². The molecule has 104 valence electrons. The topological polar surface area (TPSA) is 86.7 Å². The van der Waals surface area contributed by atoms with E-state index >= 15 is 0 Å². The molecule has 19 heavy (non-hydrogen) atoms. The van der Waals surface area contributed by atoms with Crippen molar-refractivity contribution in [2.75, 3.05) is 34.3 Å². The Morgan fingerprint density at radius 1 is 1.32 bits per heavy atom. The highest BCUT2D eigenvalue weighted by atomic mass is 31.2. The van der Waals surface area contributed by atoms with Gasteiger partial charge in [-0.1, -0.05) is 0 Å². The third-order valence-electron chi connectivity index (χ3n) is 2.18. The summed E-state index contributed by atoms with van der Waals surface area (Å²) in [4.78, 5) is 14.5. The summed E-state index contributed by atoms with van der Waals surface area (Å²) in [5, 5.41) is 8.49. The Balaban J connectivity index is 2.54. The summed E-state index contributed by atoms with van der Waals surface area (Å²) < 4.78 is 21.7. The van der Waals surface area contributed by atoms with Crippen LogP contribution in [0.5, 0.6) is 5.75 Å². The van der Waals surface area contributed by atoms with E-state index in [2.05, 4.69) is 4.98 Å². The van der Waals surface area contributed by atoms with Gasteiger partial charge in [-0.05, 0) is 12.1 Å². The molecule has 0 aromatic heterocycles. The van der Waals surface area contributed by atoms with Crippen LogP contribution in [0.25, 0.3) is 4.98 Å². The van der Waals surface area contributed by atoms with Crippen molar-refractivity contribution in [3.05, 3.63) is 29.2 Å². The van der Waals surface area contributed by atoms with Gasteiger partial charge in [0.05, 0.1) is 21.1 Å². The van der Waals surface area contributed by atoms with Crippen molar-refractivity contribution < 1.29 is 23.0 Å². The van der Waals surface area contributed by atoms with Crippen LogP contribution in [-0.2, 0) is 9.09 Å².